The standard InChI is InChI=1S/C17H16N4O2/c18-14-8-4-5-9-15(14)20-16-13(17(22)23)10-19-21(16)11-12-6-2-1-3-7-12/h1-10,20H,11,18H2,(H,22,23). The van der Waals surface area contributed by atoms with Crippen molar-refractivity contribution in [2.75, 3.05) is 11.1 Å². The molecule has 4 N–H and O–H groups in total. The van der Waals surface area contributed by atoms with Gasteiger partial charge in [-0.15, -0.1) is 0 Å². The molecule has 0 bridgehead atoms. The van der Waals surface area contributed by atoms with E-state index in [0.717, 1.165) is 5.56 Å². The highest BCUT2D eigenvalue weighted by Crippen LogP contribution is 2.25. The fraction of sp³-hybridized carbons (Fsp3) is 0.0588. The van der Waals surface area contributed by atoms with Crippen molar-refractivity contribution in [2.45, 2.75) is 6.54 Å². The number of carboxylic acid groups (broad SMARTS) is 1. The Balaban J connectivity index is 1.98. The van der Waals surface area contributed by atoms with Crippen LogP contribution >= 0.6 is 0 Å². The van der Waals surface area contributed by atoms with Gasteiger partial charge in [-0.3, -0.25) is 0 Å². The lowest BCUT2D eigenvalue weighted by atomic mass is 10.2. The summed E-state index contributed by atoms with van der Waals surface area (Å²) in [5, 5.41) is 16.6. The molecule has 0 amide bonds. The molecule has 0 spiro atoms. The van der Waals surface area contributed by atoms with Crippen LogP contribution in [0.25, 0.3) is 0 Å². The highest BCUT2D eigenvalue weighted by atomic mass is 16.4. The van der Waals surface area contributed by atoms with Crippen LogP contribution in [0, 0.1) is 0 Å². The van der Waals surface area contributed by atoms with Crippen LogP contribution in [0.4, 0.5) is 17.2 Å². The smallest absolute Gasteiger partial charge is 0.341 e. The van der Waals surface area contributed by atoms with Crippen LogP contribution in [0.2, 0.25) is 0 Å². The maximum Gasteiger partial charge on any atom is 0.341 e. The largest absolute Gasteiger partial charge is 0.477 e. The second-order valence-electron chi connectivity index (χ2n) is 5.07. The van der Waals surface area contributed by atoms with E-state index < -0.39 is 5.97 Å². The number of hydrogen-bond acceptors (Lipinski definition) is 4. The number of nitrogens with zero attached hydrogens (tertiary/aromatic N) is 2. The lowest BCUT2D eigenvalue weighted by molar-refractivity contribution is 0.0698. The lowest BCUT2D eigenvalue weighted by Gasteiger charge is -2.13. The third-order valence-corrected chi connectivity index (χ3v) is 3.46. The Labute approximate surface area is 133 Å². The molecule has 0 radical (unpaired) electrons. The van der Waals surface area contributed by atoms with E-state index in [2.05, 4.69) is 10.4 Å². The minimum absolute atomic E-state index is 0.101. The quantitative estimate of drug-likeness (QED) is 0.630. The molecule has 0 aliphatic carbocycles. The van der Waals surface area contributed by atoms with E-state index in [9.17, 15) is 9.90 Å². The molecule has 0 atom stereocenters. The lowest BCUT2D eigenvalue weighted by Crippen LogP contribution is -2.09. The first kappa shape index (κ1) is 14.6. The first-order chi connectivity index (χ1) is 11.1. The summed E-state index contributed by atoms with van der Waals surface area (Å²) in [5.74, 6) is -0.638. The van der Waals surface area contributed by atoms with Gasteiger partial charge in [-0.2, -0.15) is 5.10 Å². The van der Waals surface area contributed by atoms with Gasteiger partial charge in [-0.1, -0.05) is 42.5 Å². The van der Waals surface area contributed by atoms with Gasteiger partial charge in [0.2, 0.25) is 0 Å². The predicted molar refractivity (Wildman–Crippen MR) is 88.9 cm³/mol. The number of benzene rings is 2. The third-order valence-electron chi connectivity index (χ3n) is 3.46. The highest BCUT2D eigenvalue weighted by Gasteiger charge is 2.17. The number of anilines is 3. The summed E-state index contributed by atoms with van der Waals surface area (Å²) in [6, 6.07) is 16.9. The van der Waals surface area contributed by atoms with Gasteiger partial charge in [0.05, 0.1) is 24.1 Å². The van der Waals surface area contributed by atoms with Gasteiger partial charge in [0.1, 0.15) is 11.4 Å². The van der Waals surface area contributed by atoms with E-state index in [0.29, 0.717) is 23.7 Å². The Morgan fingerprint density at radius 3 is 2.52 bits per heavy atom. The minimum atomic E-state index is -1.04. The van der Waals surface area contributed by atoms with E-state index in [1.807, 2.05) is 42.5 Å². The van der Waals surface area contributed by atoms with Crippen molar-refractivity contribution in [1.82, 2.24) is 9.78 Å². The molecular weight excluding hydrogens is 292 g/mol. The van der Waals surface area contributed by atoms with Crippen molar-refractivity contribution in [3.05, 3.63) is 71.9 Å². The van der Waals surface area contributed by atoms with Crippen LogP contribution in [0.1, 0.15) is 15.9 Å². The number of carbonyl (C=O) groups is 1. The van der Waals surface area contributed by atoms with Crippen LogP contribution in [0.3, 0.4) is 0 Å². The van der Waals surface area contributed by atoms with Gasteiger partial charge in [0.25, 0.3) is 0 Å². The summed E-state index contributed by atoms with van der Waals surface area (Å²) < 4.78 is 1.62. The predicted octanol–water partition coefficient (Wildman–Crippen LogP) is 2.96. The van der Waals surface area contributed by atoms with Gasteiger partial charge in [-0.25, -0.2) is 9.48 Å². The number of nitrogens with one attached hydrogen (secondary N) is 1. The average Bonchev–Trinajstić information content (AvgIpc) is 2.93. The van der Waals surface area contributed by atoms with Crippen molar-refractivity contribution in [3.63, 3.8) is 0 Å². The minimum Gasteiger partial charge on any atom is -0.477 e. The number of carboxylic acids is 1. The Morgan fingerprint density at radius 1 is 1.13 bits per heavy atom. The van der Waals surface area contributed by atoms with E-state index in [4.69, 9.17) is 5.73 Å². The van der Waals surface area contributed by atoms with Crippen LogP contribution in [0.15, 0.2) is 60.8 Å². The second-order valence-corrected chi connectivity index (χ2v) is 5.07. The fourth-order valence-electron chi connectivity index (χ4n) is 2.29. The molecule has 2 aromatic carbocycles. The molecule has 6 heteroatoms. The first-order valence-corrected chi connectivity index (χ1v) is 7.09. The zero-order valence-electron chi connectivity index (χ0n) is 12.3. The number of aromatic nitrogens is 2. The monoisotopic (exact) mass is 308 g/mol. The first-order valence-electron chi connectivity index (χ1n) is 7.09. The molecule has 0 fully saturated rings. The van der Waals surface area contributed by atoms with Gasteiger partial charge in [0.15, 0.2) is 0 Å². The number of aromatic carboxylic acids is 1. The molecule has 0 saturated carbocycles. The Kier molecular flexibility index (Phi) is 3.97. The van der Waals surface area contributed by atoms with Gasteiger partial charge < -0.3 is 16.2 Å². The second kappa shape index (κ2) is 6.23. The van der Waals surface area contributed by atoms with Crippen molar-refractivity contribution in [2.24, 2.45) is 0 Å². The Bertz CT molecular complexity index is 828. The van der Waals surface area contributed by atoms with Crippen LogP contribution in [0.5, 0.6) is 0 Å². The van der Waals surface area contributed by atoms with E-state index >= 15 is 0 Å². The summed E-state index contributed by atoms with van der Waals surface area (Å²) in [7, 11) is 0. The highest BCUT2D eigenvalue weighted by molar-refractivity contribution is 5.94. The molecule has 23 heavy (non-hydrogen) atoms. The van der Waals surface area contributed by atoms with Crippen molar-refractivity contribution in [1.29, 1.82) is 0 Å². The molecule has 0 unspecified atom stereocenters. The van der Waals surface area contributed by atoms with E-state index in [1.165, 1.54) is 6.20 Å². The zero-order chi connectivity index (χ0) is 16.2. The maximum atomic E-state index is 11.4. The van der Waals surface area contributed by atoms with Gasteiger partial charge >= 0.3 is 5.97 Å². The van der Waals surface area contributed by atoms with Crippen molar-refractivity contribution in [3.8, 4) is 0 Å². The van der Waals surface area contributed by atoms with Crippen molar-refractivity contribution < 1.29 is 9.90 Å². The summed E-state index contributed by atoms with van der Waals surface area (Å²) in [5.41, 5.74) is 8.23. The van der Waals surface area contributed by atoms with Crippen LogP contribution < -0.4 is 11.1 Å². The molecule has 1 heterocycles. The average molecular weight is 308 g/mol. The molecule has 3 aromatic rings. The fourth-order valence-corrected chi connectivity index (χ4v) is 2.29. The molecule has 6 nitrogen and oxygen atoms in total. The van der Waals surface area contributed by atoms with E-state index in [1.54, 1.807) is 16.8 Å². The summed E-state index contributed by atoms with van der Waals surface area (Å²) in [6.45, 7) is 0.461. The zero-order valence-corrected chi connectivity index (χ0v) is 12.3. The number of rotatable bonds is 5. The number of nitrogens with two attached hydrogens (primary N) is 1. The van der Waals surface area contributed by atoms with Crippen LogP contribution in [-0.4, -0.2) is 20.9 Å². The summed E-state index contributed by atoms with van der Waals surface area (Å²) in [4.78, 5) is 11.4. The topological polar surface area (TPSA) is 93.2 Å². The number of hydrogen-bond donors (Lipinski definition) is 3. The Morgan fingerprint density at radius 2 is 1.83 bits per heavy atom. The normalized spacial score (nSPS) is 10.4. The number of nitrogen functional groups attached to an aromatic ring is 1. The van der Waals surface area contributed by atoms with Crippen LogP contribution in [-0.2, 0) is 6.54 Å². The molecule has 0 saturated heterocycles. The molecular formula is C17H16N4O2. The molecule has 1 aromatic heterocycles. The molecule has 0 aliphatic rings. The SMILES string of the molecule is Nc1ccccc1Nc1c(C(=O)O)cnn1Cc1ccccc1. The van der Waals surface area contributed by atoms with Crippen molar-refractivity contribution >= 4 is 23.2 Å². The molecule has 116 valence electrons. The molecule has 0 aliphatic heterocycles. The van der Waals surface area contributed by atoms with E-state index in [-0.39, 0.29) is 5.56 Å². The maximum absolute atomic E-state index is 11.4. The van der Waals surface area contributed by atoms with Gasteiger partial charge in [0, 0.05) is 0 Å². The summed E-state index contributed by atoms with van der Waals surface area (Å²) in [6.07, 6.45) is 1.34. The number of para-hydroxylation sites is 2. The molecule has 3 rings (SSSR count). The van der Waals surface area contributed by atoms with Gasteiger partial charge in [-0.05, 0) is 17.7 Å². The third kappa shape index (κ3) is 3.16. The Hall–Kier alpha value is -3.28. The summed E-state index contributed by atoms with van der Waals surface area (Å²) >= 11 is 0.